The van der Waals surface area contributed by atoms with Crippen LogP contribution in [0.5, 0.6) is 0 Å². The molecule has 3 rings (SSSR count). The third kappa shape index (κ3) is 2.70. The molecular weight excluding hydrogens is 280 g/mol. The lowest BCUT2D eigenvalue weighted by atomic mass is 10.2. The molecule has 8 heteroatoms. The van der Waals surface area contributed by atoms with Crippen molar-refractivity contribution in [2.75, 3.05) is 0 Å². The van der Waals surface area contributed by atoms with Crippen molar-refractivity contribution in [1.29, 1.82) is 0 Å². The molecule has 0 radical (unpaired) electrons. The maximum atomic E-state index is 5.59. The van der Waals surface area contributed by atoms with Crippen molar-refractivity contribution in [3.63, 3.8) is 0 Å². The fourth-order valence-electron chi connectivity index (χ4n) is 2.02. The normalized spacial score (nSPS) is 11.5. The lowest BCUT2D eigenvalue weighted by Crippen LogP contribution is -2.26. The average molecular weight is 294 g/mol. The molecular formula is C14H14N8. The topological polar surface area (TPSA) is 133 Å². The van der Waals surface area contributed by atoms with E-state index in [1.54, 1.807) is 16.8 Å². The minimum absolute atomic E-state index is 0.000967. The Morgan fingerprint density at radius 3 is 2.41 bits per heavy atom. The van der Waals surface area contributed by atoms with Crippen molar-refractivity contribution >= 4 is 28.6 Å². The van der Waals surface area contributed by atoms with Crippen molar-refractivity contribution in [2.24, 2.45) is 27.2 Å². The monoisotopic (exact) mass is 294 g/mol. The number of nitrogens with zero attached hydrogens (tertiary/aromatic N) is 5. The van der Waals surface area contributed by atoms with Crippen LogP contribution in [0.15, 0.2) is 58.5 Å². The SMILES string of the molecule is NC(N)=NC(N)=Nc1ccc(-n2nnc3ccccc32)cc1. The van der Waals surface area contributed by atoms with Crippen LogP contribution in [0.2, 0.25) is 0 Å². The van der Waals surface area contributed by atoms with Crippen LogP contribution in [0.25, 0.3) is 16.7 Å². The molecule has 0 fully saturated rings. The molecule has 0 aliphatic rings. The van der Waals surface area contributed by atoms with Gasteiger partial charge in [-0.1, -0.05) is 17.3 Å². The van der Waals surface area contributed by atoms with E-state index in [4.69, 9.17) is 17.2 Å². The molecule has 0 unspecified atom stereocenters. The number of fused-ring (bicyclic) bond motifs is 1. The third-order valence-corrected chi connectivity index (χ3v) is 2.93. The summed E-state index contributed by atoms with van der Waals surface area (Å²) in [5, 5.41) is 8.27. The molecule has 0 aliphatic carbocycles. The largest absolute Gasteiger partial charge is 0.370 e. The van der Waals surface area contributed by atoms with Crippen LogP contribution in [0.1, 0.15) is 0 Å². The summed E-state index contributed by atoms with van der Waals surface area (Å²) < 4.78 is 1.75. The first kappa shape index (κ1) is 13.6. The lowest BCUT2D eigenvalue weighted by molar-refractivity contribution is 0.824. The van der Waals surface area contributed by atoms with E-state index in [0.29, 0.717) is 5.69 Å². The van der Waals surface area contributed by atoms with E-state index >= 15 is 0 Å². The number of hydrogen-bond donors (Lipinski definition) is 3. The summed E-state index contributed by atoms with van der Waals surface area (Å²) in [6.07, 6.45) is 0. The molecule has 1 aromatic heterocycles. The summed E-state index contributed by atoms with van der Waals surface area (Å²) in [7, 11) is 0. The van der Waals surface area contributed by atoms with Crippen LogP contribution in [0, 0.1) is 0 Å². The van der Waals surface area contributed by atoms with Crippen molar-refractivity contribution in [1.82, 2.24) is 15.0 Å². The van der Waals surface area contributed by atoms with E-state index in [1.165, 1.54) is 0 Å². The van der Waals surface area contributed by atoms with E-state index in [-0.39, 0.29) is 11.9 Å². The quantitative estimate of drug-likeness (QED) is 0.471. The van der Waals surface area contributed by atoms with Gasteiger partial charge in [0.25, 0.3) is 0 Å². The maximum Gasteiger partial charge on any atom is 0.223 e. The number of para-hydroxylation sites is 1. The van der Waals surface area contributed by atoms with Gasteiger partial charge < -0.3 is 17.2 Å². The Hall–Kier alpha value is -3.42. The van der Waals surface area contributed by atoms with Crippen molar-refractivity contribution in [2.45, 2.75) is 0 Å². The predicted molar refractivity (Wildman–Crippen MR) is 86.0 cm³/mol. The molecule has 8 nitrogen and oxygen atoms in total. The van der Waals surface area contributed by atoms with Crippen LogP contribution < -0.4 is 17.2 Å². The Morgan fingerprint density at radius 1 is 0.955 bits per heavy atom. The Kier molecular flexibility index (Phi) is 3.40. The molecule has 0 amide bonds. The number of benzene rings is 2. The number of aromatic nitrogens is 3. The molecule has 0 aliphatic heterocycles. The second-order valence-electron chi connectivity index (χ2n) is 4.51. The van der Waals surface area contributed by atoms with Gasteiger partial charge in [-0.2, -0.15) is 4.99 Å². The van der Waals surface area contributed by atoms with Gasteiger partial charge in [0.15, 0.2) is 5.96 Å². The van der Waals surface area contributed by atoms with Gasteiger partial charge in [-0.05, 0) is 36.4 Å². The highest BCUT2D eigenvalue weighted by molar-refractivity contribution is 5.93. The van der Waals surface area contributed by atoms with Crippen LogP contribution >= 0.6 is 0 Å². The average Bonchev–Trinajstić information content (AvgIpc) is 2.91. The molecule has 6 N–H and O–H groups in total. The molecule has 0 saturated heterocycles. The van der Waals surface area contributed by atoms with Gasteiger partial charge in [-0.25, -0.2) is 9.67 Å². The van der Waals surface area contributed by atoms with Crippen LogP contribution in [-0.4, -0.2) is 26.9 Å². The van der Waals surface area contributed by atoms with Gasteiger partial charge in [0, 0.05) is 0 Å². The Labute approximate surface area is 126 Å². The Bertz CT molecular complexity index is 856. The van der Waals surface area contributed by atoms with Crippen LogP contribution in [-0.2, 0) is 0 Å². The summed E-state index contributed by atoms with van der Waals surface area (Å²) in [5.41, 5.74) is 19.3. The first-order valence-corrected chi connectivity index (χ1v) is 6.48. The summed E-state index contributed by atoms with van der Waals surface area (Å²) in [6.45, 7) is 0. The van der Waals surface area contributed by atoms with Gasteiger partial charge in [0.1, 0.15) is 5.52 Å². The molecule has 3 aromatic rings. The van der Waals surface area contributed by atoms with E-state index in [2.05, 4.69) is 20.3 Å². The van der Waals surface area contributed by atoms with Gasteiger partial charge in [0.05, 0.1) is 16.9 Å². The zero-order valence-electron chi connectivity index (χ0n) is 11.6. The number of aliphatic imine (C=N–C) groups is 2. The molecule has 110 valence electrons. The summed E-state index contributed by atoms with van der Waals surface area (Å²) >= 11 is 0. The fraction of sp³-hybridized carbons (Fsp3) is 0. The minimum Gasteiger partial charge on any atom is -0.370 e. The highest BCUT2D eigenvalue weighted by Gasteiger charge is 2.05. The van der Waals surface area contributed by atoms with E-state index in [9.17, 15) is 0 Å². The molecule has 1 heterocycles. The lowest BCUT2D eigenvalue weighted by Gasteiger charge is -2.02. The molecule has 0 spiro atoms. The standard InChI is InChI=1S/C14H14N8/c15-13(16)19-14(17)18-9-5-7-10(8-6-9)22-12-4-2-1-3-11(12)20-21-22/h1-8H,(H6,15,16,17,18,19). The number of rotatable bonds is 2. The van der Waals surface area contributed by atoms with Gasteiger partial charge in [-0.3, -0.25) is 0 Å². The molecule has 0 saturated carbocycles. The number of hydrogen-bond acceptors (Lipinski definition) is 3. The molecule has 2 aromatic carbocycles. The highest BCUT2D eigenvalue weighted by Crippen LogP contribution is 2.19. The van der Waals surface area contributed by atoms with E-state index < -0.39 is 0 Å². The van der Waals surface area contributed by atoms with Crippen LogP contribution in [0.3, 0.4) is 0 Å². The smallest absolute Gasteiger partial charge is 0.223 e. The molecule has 0 atom stereocenters. The number of guanidine groups is 2. The highest BCUT2D eigenvalue weighted by atomic mass is 15.4. The van der Waals surface area contributed by atoms with Crippen molar-refractivity contribution in [3.8, 4) is 5.69 Å². The molecule has 22 heavy (non-hydrogen) atoms. The second-order valence-corrected chi connectivity index (χ2v) is 4.51. The zero-order chi connectivity index (χ0) is 15.5. The first-order valence-electron chi connectivity index (χ1n) is 6.48. The molecule has 0 bridgehead atoms. The third-order valence-electron chi connectivity index (χ3n) is 2.93. The predicted octanol–water partition coefficient (Wildman–Crippen LogP) is 0.640. The van der Waals surface area contributed by atoms with Gasteiger partial charge in [0.2, 0.25) is 5.96 Å². The summed E-state index contributed by atoms with van der Waals surface area (Å²) in [6, 6.07) is 15.0. The van der Waals surface area contributed by atoms with Gasteiger partial charge in [-0.15, -0.1) is 5.10 Å². The maximum absolute atomic E-state index is 5.59. The van der Waals surface area contributed by atoms with Crippen molar-refractivity contribution < 1.29 is 0 Å². The fourth-order valence-corrected chi connectivity index (χ4v) is 2.02. The Balaban J connectivity index is 1.93. The number of nitrogens with two attached hydrogens (primary N) is 3. The first-order chi connectivity index (χ1) is 10.6. The summed E-state index contributed by atoms with van der Waals surface area (Å²) in [4.78, 5) is 7.74. The Morgan fingerprint density at radius 2 is 1.68 bits per heavy atom. The van der Waals surface area contributed by atoms with E-state index in [0.717, 1.165) is 16.7 Å². The van der Waals surface area contributed by atoms with Crippen LogP contribution in [0.4, 0.5) is 5.69 Å². The van der Waals surface area contributed by atoms with E-state index in [1.807, 2.05) is 36.4 Å². The van der Waals surface area contributed by atoms with Gasteiger partial charge >= 0.3 is 0 Å². The van der Waals surface area contributed by atoms with Crippen molar-refractivity contribution in [3.05, 3.63) is 48.5 Å². The zero-order valence-corrected chi connectivity index (χ0v) is 11.6. The summed E-state index contributed by atoms with van der Waals surface area (Å²) in [5.74, 6) is -0.133. The minimum atomic E-state index is -0.132. The second kappa shape index (κ2) is 5.52.